The fraction of sp³-hybridized carbons (Fsp3) is 0.214. The summed E-state index contributed by atoms with van der Waals surface area (Å²) in [7, 11) is 0. The Balaban J connectivity index is 1.80. The quantitative estimate of drug-likeness (QED) is 0.816. The lowest BCUT2D eigenvalue weighted by Gasteiger charge is -2.10. The van der Waals surface area contributed by atoms with E-state index in [1.807, 2.05) is 6.07 Å². The van der Waals surface area contributed by atoms with Gasteiger partial charge in [0, 0.05) is 19.0 Å². The molecule has 2 aromatic rings. The summed E-state index contributed by atoms with van der Waals surface area (Å²) in [5.74, 6) is -0.372. The molecule has 1 aliphatic heterocycles. The van der Waals surface area contributed by atoms with Crippen molar-refractivity contribution in [3.63, 3.8) is 0 Å². The van der Waals surface area contributed by atoms with E-state index in [0.717, 1.165) is 5.56 Å². The molecule has 3 rings (SSSR count). The fourth-order valence-electron chi connectivity index (χ4n) is 2.24. The predicted octanol–water partition coefficient (Wildman–Crippen LogP) is 2.89. The number of anilines is 1. The van der Waals surface area contributed by atoms with Crippen LogP contribution in [0.25, 0.3) is 0 Å². The van der Waals surface area contributed by atoms with Gasteiger partial charge in [0.2, 0.25) is 11.8 Å². The second-order valence-electron chi connectivity index (χ2n) is 4.77. The lowest BCUT2D eigenvalue weighted by Crippen LogP contribution is -2.28. The van der Waals surface area contributed by atoms with Crippen LogP contribution in [0.5, 0.6) is 0 Å². The van der Waals surface area contributed by atoms with Gasteiger partial charge in [0.05, 0.1) is 28.5 Å². The van der Waals surface area contributed by atoms with Crippen molar-refractivity contribution in [3.8, 4) is 0 Å². The van der Waals surface area contributed by atoms with E-state index in [-0.39, 0.29) is 24.7 Å². The minimum Gasteiger partial charge on any atom is -0.274 e. The highest BCUT2D eigenvalue weighted by Gasteiger charge is 2.31. The van der Waals surface area contributed by atoms with Crippen LogP contribution in [0.2, 0.25) is 10.0 Å². The van der Waals surface area contributed by atoms with Crippen LogP contribution < -0.4 is 4.90 Å². The molecule has 1 fully saturated rings. The third-order valence-corrected chi connectivity index (χ3v) is 4.00. The normalized spacial score (nSPS) is 15.0. The number of nitrogens with zero attached hydrogens (tertiary/aromatic N) is 3. The van der Waals surface area contributed by atoms with Gasteiger partial charge in [0.1, 0.15) is 0 Å². The van der Waals surface area contributed by atoms with Crippen molar-refractivity contribution in [2.45, 2.75) is 19.4 Å². The van der Waals surface area contributed by atoms with Crippen molar-refractivity contribution in [2.24, 2.45) is 0 Å². The molecule has 1 aromatic carbocycles. The molecule has 0 aliphatic carbocycles. The minimum atomic E-state index is -0.186. The number of aromatic nitrogens is 2. The number of imide groups is 1. The van der Waals surface area contributed by atoms with Gasteiger partial charge in [-0.05, 0) is 17.7 Å². The zero-order valence-corrected chi connectivity index (χ0v) is 12.4. The number of carbonyl (C=O) groups is 2. The number of amides is 2. The molecule has 2 heterocycles. The average Bonchev–Trinajstić information content (AvgIpc) is 3.01. The van der Waals surface area contributed by atoms with Crippen molar-refractivity contribution in [3.05, 3.63) is 46.2 Å². The van der Waals surface area contributed by atoms with Crippen LogP contribution in [0.4, 0.5) is 5.69 Å². The first-order valence-electron chi connectivity index (χ1n) is 6.37. The SMILES string of the molecule is O=C1CCC(=O)N1c1cnn(Cc2ccc(Cl)c(Cl)c2)c1. The van der Waals surface area contributed by atoms with E-state index in [2.05, 4.69) is 5.10 Å². The van der Waals surface area contributed by atoms with Crippen molar-refractivity contribution in [1.29, 1.82) is 0 Å². The largest absolute Gasteiger partial charge is 0.274 e. The maximum absolute atomic E-state index is 11.7. The molecule has 21 heavy (non-hydrogen) atoms. The van der Waals surface area contributed by atoms with Gasteiger partial charge in [-0.3, -0.25) is 14.3 Å². The van der Waals surface area contributed by atoms with E-state index in [9.17, 15) is 9.59 Å². The second-order valence-corrected chi connectivity index (χ2v) is 5.58. The van der Waals surface area contributed by atoms with E-state index in [0.29, 0.717) is 22.3 Å². The second kappa shape index (κ2) is 5.50. The van der Waals surface area contributed by atoms with Crippen molar-refractivity contribution < 1.29 is 9.59 Å². The Morgan fingerprint density at radius 1 is 1.10 bits per heavy atom. The van der Waals surface area contributed by atoms with Gasteiger partial charge < -0.3 is 0 Å². The molecule has 0 unspecified atom stereocenters. The highest BCUT2D eigenvalue weighted by atomic mass is 35.5. The molecule has 1 saturated heterocycles. The molecule has 2 amide bonds. The Kier molecular flexibility index (Phi) is 3.69. The molecule has 108 valence electrons. The van der Waals surface area contributed by atoms with Gasteiger partial charge in [-0.1, -0.05) is 29.3 Å². The van der Waals surface area contributed by atoms with Crippen LogP contribution in [0.15, 0.2) is 30.6 Å². The van der Waals surface area contributed by atoms with Crippen LogP contribution in [-0.4, -0.2) is 21.6 Å². The standard InChI is InChI=1S/C14H11Cl2N3O2/c15-11-2-1-9(5-12(11)16)7-18-8-10(6-17-18)19-13(20)3-4-14(19)21/h1-2,5-6,8H,3-4,7H2. The molecule has 1 aliphatic rings. The maximum Gasteiger partial charge on any atom is 0.234 e. The molecule has 0 spiro atoms. The highest BCUT2D eigenvalue weighted by molar-refractivity contribution is 6.42. The van der Waals surface area contributed by atoms with Crippen molar-refractivity contribution in [2.75, 3.05) is 4.90 Å². The third-order valence-electron chi connectivity index (χ3n) is 3.26. The van der Waals surface area contributed by atoms with Gasteiger partial charge in [0.15, 0.2) is 0 Å². The molecule has 0 bridgehead atoms. The predicted molar refractivity (Wildman–Crippen MR) is 79.5 cm³/mol. The lowest BCUT2D eigenvalue weighted by molar-refractivity contribution is -0.121. The molecule has 5 nitrogen and oxygen atoms in total. The Morgan fingerprint density at radius 2 is 1.81 bits per heavy atom. The summed E-state index contributed by atoms with van der Waals surface area (Å²) in [6.07, 6.45) is 3.70. The molecule has 1 aromatic heterocycles. The van der Waals surface area contributed by atoms with Gasteiger partial charge in [-0.15, -0.1) is 0 Å². The van der Waals surface area contributed by atoms with Gasteiger partial charge in [0.25, 0.3) is 0 Å². The Morgan fingerprint density at radius 3 is 2.48 bits per heavy atom. The summed E-state index contributed by atoms with van der Waals surface area (Å²) in [5, 5.41) is 5.14. The van der Waals surface area contributed by atoms with Crippen LogP contribution in [0, 0.1) is 0 Å². The van der Waals surface area contributed by atoms with E-state index in [1.54, 1.807) is 23.0 Å². The summed E-state index contributed by atoms with van der Waals surface area (Å²) in [6.45, 7) is 0.479. The number of halogens is 2. The van der Waals surface area contributed by atoms with E-state index in [4.69, 9.17) is 23.2 Å². The summed E-state index contributed by atoms with van der Waals surface area (Å²) < 4.78 is 1.65. The molecule has 0 radical (unpaired) electrons. The topological polar surface area (TPSA) is 55.2 Å². The average molecular weight is 324 g/mol. The molecular weight excluding hydrogens is 313 g/mol. The van der Waals surface area contributed by atoms with Crippen LogP contribution in [0.1, 0.15) is 18.4 Å². The first-order valence-corrected chi connectivity index (χ1v) is 7.12. The first kappa shape index (κ1) is 14.1. The molecule has 0 atom stereocenters. The van der Waals surface area contributed by atoms with E-state index < -0.39 is 0 Å². The summed E-state index contributed by atoms with van der Waals surface area (Å²) in [4.78, 5) is 24.5. The zero-order valence-electron chi connectivity index (χ0n) is 10.9. The Labute approximate surface area is 131 Å². The summed E-state index contributed by atoms with van der Waals surface area (Å²) in [5.41, 5.74) is 1.43. The zero-order chi connectivity index (χ0) is 15.0. The molecule has 0 N–H and O–H groups in total. The fourth-order valence-corrected chi connectivity index (χ4v) is 2.56. The smallest absolute Gasteiger partial charge is 0.234 e. The monoisotopic (exact) mass is 323 g/mol. The van der Waals surface area contributed by atoms with Gasteiger partial charge in [-0.2, -0.15) is 5.10 Å². The summed E-state index contributed by atoms with van der Waals surface area (Å²) in [6, 6.07) is 5.33. The molecule has 7 heteroatoms. The van der Waals surface area contributed by atoms with Crippen molar-refractivity contribution in [1.82, 2.24) is 9.78 Å². The van der Waals surface area contributed by atoms with E-state index in [1.165, 1.54) is 11.1 Å². The molecular formula is C14H11Cl2N3O2. The highest BCUT2D eigenvalue weighted by Crippen LogP contribution is 2.24. The summed E-state index contributed by atoms with van der Waals surface area (Å²) >= 11 is 11.8. The maximum atomic E-state index is 11.7. The number of benzene rings is 1. The Hall–Kier alpha value is -1.85. The number of carbonyl (C=O) groups excluding carboxylic acids is 2. The van der Waals surface area contributed by atoms with Crippen molar-refractivity contribution >= 4 is 40.7 Å². The third kappa shape index (κ3) is 2.80. The Bertz CT molecular complexity index is 711. The molecule has 0 saturated carbocycles. The number of hydrogen-bond acceptors (Lipinski definition) is 3. The van der Waals surface area contributed by atoms with Crippen LogP contribution >= 0.6 is 23.2 Å². The minimum absolute atomic E-state index is 0.186. The van der Waals surface area contributed by atoms with E-state index >= 15 is 0 Å². The van der Waals surface area contributed by atoms with Gasteiger partial charge >= 0.3 is 0 Å². The van der Waals surface area contributed by atoms with Crippen LogP contribution in [0.3, 0.4) is 0 Å². The number of rotatable bonds is 3. The lowest BCUT2D eigenvalue weighted by atomic mass is 10.2. The first-order chi connectivity index (χ1) is 10.0. The van der Waals surface area contributed by atoms with Gasteiger partial charge in [-0.25, -0.2) is 4.90 Å². The number of hydrogen-bond donors (Lipinski definition) is 0. The van der Waals surface area contributed by atoms with Crippen LogP contribution in [-0.2, 0) is 16.1 Å².